The SMILES string of the molecule is CNc1ccncc1S(=O)(=O)NC(C)C1CC1. The first-order valence-corrected chi connectivity index (χ1v) is 7.17. The lowest BCUT2D eigenvalue weighted by atomic mass is 10.2. The Bertz CT molecular complexity index is 497. The quantitative estimate of drug-likeness (QED) is 0.829. The molecule has 6 heteroatoms. The zero-order valence-corrected chi connectivity index (χ0v) is 10.8. The summed E-state index contributed by atoms with van der Waals surface area (Å²) in [6, 6.07) is 1.64. The molecule has 2 rings (SSSR count). The highest BCUT2D eigenvalue weighted by atomic mass is 32.2. The van der Waals surface area contributed by atoms with Crippen molar-refractivity contribution in [2.45, 2.75) is 30.7 Å². The van der Waals surface area contributed by atoms with Crippen molar-refractivity contribution in [3.05, 3.63) is 18.5 Å². The highest BCUT2D eigenvalue weighted by molar-refractivity contribution is 7.89. The Hall–Kier alpha value is -1.14. The Morgan fingerprint density at radius 1 is 1.47 bits per heavy atom. The van der Waals surface area contributed by atoms with Crippen LogP contribution in [0.3, 0.4) is 0 Å². The number of rotatable bonds is 5. The van der Waals surface area contributed by atoms with Crippen LogP contribution in [0.1, 0.15) is 19.8 Å². The van der Waals surface area contributed by atoms with Crippen molar-refractivity contribution in [2.75, 3.05) is 12.4 Å². The predicted octanol–water partition coefficient (Wildman–Crippen LogP) is 1.20. The molecule has 0 amide bonds. The van der Waals surface area contributed by atoms with Gasteiger partial charge in [0, 0.05) is 25.5 Å². The summed E-state index contributed by atoms with van der Waals surface area (Å²) in [5.74, 6) is 0.486. The number of nitrogens with one attached hydrogen (secondary N) is 2. The van der Waals surface area contributed by atoms with Crippen LogP contribution in [0.5, 0.6) is 0 Å². The van der Waals surface area contributed by atoms with E-state index >= 15 is 0 Å². The van der Waals surface area contributed by atoms with E-state index in [4.69, 9.17) is 0 Å². The fourth-order valence-corrected chi connectivity index (χ4v) is 3.27. The molecule has 94 valence electrons. The van der Waals surface area contributed by atoms with Gasteiger partial charge < -0.3 is 5.32 Å². The van der Waals surface area contributed by atoms with Crippen LogP contribution in [0.25, 0.3) is 0 Å². The van der Waals surface area contributed by atoms with E-state index in [2.05, 4.69) is 15.0 Å². The van der Waals surface area contributed by atoms with Crippen molar-refractivity contribution in [3.8, 4) is 0 Å². The van der Waals surface area contributed by atoms with Crippen LogP contribution in [-0.2, 0) is 10.0 Å². The molecule has 1 atom stereocenters. The summed E-state index contributed by atoms with van der Waals surface area (Å²) < 4.78 is 27.0. The van der Waals surface area contributed by atoms with Crippen molar-refractivity contribution in [1.82, 2.24) is 9.71 Å². The van der Waals surface area contributed by atoms with E-state index in [1.807, 2.05) is 6.92 Å². The van der Waals surface area contributed by atoms with Gasteiger partial charge in [-0.15, -0.1) is 0 Å². The number of anilines is 1. The molecule has 1 fully saturated rings. The fourth-order valence-electron chi connectivity index (χ4n) is 1.80. The second-order valence-electron chi connectivity index (χ2n) is 4.37. The van der Waals surface area contributed by atoms with Gasteiger partial charge in [0.25, 0.3) is 0 Å². The molecule has 1 aromatic rings. The topological polar surface area (TPSA) is 71.1 Å². The van der Waals surface area contributed by atoms with Gasteiger partial charge in [-0.2, -0.15) is 0 Å². The lowest BCUT2D eigenvalue weighted by Crippen LogP contribution is -2.34. The zero-order valence-electron chi connectivity index (χ0n) is 9.97. The van der Waals surface area contributed by atoms with Crippen molar-refractivity contribution in [1.29, 1.82) is 0 Å². The van der Waals surface area contributed by atoms with Crippen LogP contribution in [-0.4, -0.2) is 26.5 Å². The van der Waals surface area contributed by atoms with Crippen molar-refractivity contribution in [3.63, 3.8) is 0 Å². The minimum atomic E-state index is -3.48. The van der Waals surface area contributed by atoms with E-state index in [0.717, 1.165) is 12.8 Å². The number of pyridine rings is 1. The monoisotopic (exact) mass is 255 g/mol. The first kappa shape index (κ1) is 12.3. The summed E-state index contributed by atoms with van der Waals surface area (Å²) in [7, 11) is -1.79. The molecule has 1 saturated carbocycles. The van der Waals surface area contributed by atoms with E-state index < -0.39 is 10.0 Å². The molecule has 1 unspecified atom stereocenters. The summed E-state index contributed by atoms with van der Waals surface area (Å²) >= 11 is 0. The Balaban J connectivity index is 2.24. The standard InChI is InChI=1S/C11H17N3O2S/c1-8(9-3-4-9)14-17(15,16)11-7-13-6-5-10(11)12-2/h5-9,14H,3-4H2,1-2H3,(H,12,13). The van der Waals surface area contributed by atoms with Crippen LogP contribution in [0.4, 0.5) is 5.69 Å². The molecule has 2 N–H and O–H groups in total. The minimum Gasteiger partial charge on any atom is -0.387 e. The summed E-state index contributed by atoms with van der Waals surface area (Å²) in [6.45, 7) is 1.91. The van der Waals surface area contributed by atoms with Crippen molar-refractivity contribution < 1.29 is 8.42 Å². The first-order valence-electron chi connectivity index (χ1n) is 5.68. The van der Waals surface area contributed by atoms with Gasteiger partial charge in [-0.1, -0.05) is 0 Å². The smallest absolute Gasteiger partial charge is 0.244 e. The van der Waals surface area contributed by atoms with Crippen molar-refractivity contribution in [2.24, 2.45) is 5.92 Å². The van der Waals surface area contributed by atoms with Gasteiger partial charge in [0.05, 0.1) is 5.69 Å². The second-order valence-corrected chi connectivity index (χ2v) is 6.05. The van der Waals surface area contributed by atoms with E-state index in [1.54, 1.807) is 19.3 Å². The molecule has 0 spiro atoms. The van der Waals surface area contributed by atoms with Gasteiger partial charge in [0.1, 0.15) is 4.90 Å². The van der Waals surface area contributed by atoms with E-state index in [-0.39, 0.29) is 10.9 Å². The number of sulfonamides is 1. The van der Waals surface area contributed by atoms with Crippen LogP contribution >= 0.6 is 0 Å². The Morgan fingerprint density at radius 2 is 2.18 bits per heavy atom. The highest BCUT2D eigenvalue weighted by Gasteiger charge is 2.31. The number of nitrogens with zero attached hydrogens (tertiary/aromatic N) is 1. The molecule has 0 saturated heterocycles. The van der Waals surface area contributed by atoms with Crippen LogP contribution in [0.2, 0.25) is 0 Å². The van der Waals surface area contributed by atoms with Gasteiger partial charge in [-0.3, -0.25) is 4.98 Å². The minimum absolute atomic E-state index is 0.00934. The highest BCUT2D eigenvalue weighted by Crippen LogP contribution is 2.33. The van der Waals surface area contributed by atoms with Gasteiger partial charge in [-0.05, 0) is 31.7 Å². The van der Waals surface area contributed by atoms with Crippen LogP contribution in [0, 0.1) is 5.92 Å². The van der Waals surface area contributed by atoms with E-state index in [0.29, 0.717) is 11.6 Å². The maximum atomic E-state index is 12.2. The van der Waals surface area contributed by atoms with Crippen LogP contribution < -0.4 is 10.0 Å². The van der Waals surface area contributed by atoms with Gasteiger partial charge in [0.2, 0.25) is 10.0 Å². The summed E-state index contributed by atoms with van der Waals surface area (Å²) in [4.78, 5) is 4.07. The largest absolute Gasteiger partial charge is 0.387 e. The Kier molecular flexibility index (Phi) is 3.35. The molecule has 1 aliphatic rings. The van der Waals surface area contributed by atoms with Crippen LogP contribution in [0.15, 0.2) is 23.4 Å². The maximum Gasteiger partial charge on any atom is 0.244 e. The van der Waals surface area contributed by atoms with Gasteiger partial charge in [0.15, 0.2) is 0 Å². The molecule has 1 heterocycles. The van der Waals surface area contributed by atoms with E-state index in [1.165, 1.54) is 6.20 Å². The normalized spacial score (nSPS) is 17.8. The number of aromatic nitrogens is 1. The maximum absolute atomic E-state index is 12.2. The molecule has 5 nitrogen and oxygen atoms in total. The Labute approximate surface area is 102 Å². The second kappa shape index (κ2) is 4.62. The fraction of sp³-hybridized carbons (Fsp3) is 0.545. The molecule has 0 radical (unpaired) electrons. The molecule has 1 aromatic heterocycles. The lowest BCUT2D eigenvalue weighted by molar-refractivity contribution is 0.538. The average Bonchev–Trinajstić information content (AvgIpc) is 3.12. The molecule has 1 aliphatic carbocycles. The lowest BCUT2D eigenvalue weighted by Gasteiger charge is -2.15. The summed E-state index contributed by atoms with van der Waals surface area (Å²) in [6.07, 6.45) is 5.15. The van der Waals surface area contributed by atoms with Crippen molar-refractivity contribution >= 4 is 15.7 Å². The number of hydrogen-bond acceptors (Lipinski definition) is 4. The van der Waals surface area contributed by atoms with E-state index in [9.17, 15) is 8.42 Å². The molecular weight excluding hydrogens is 238 g/mol. The third kappa shape index (κ3) is 2.76. The van der Waals surface area contributed by atoms with Gasteiger partial charge >= 0.3 is 0 Å². The first-order chi connectivity index (χ1) is 8.04. The molecule has 17 heavy (non-hydrogen) atoms. The molecule has 0 bridgehead atoms. The van der Waals surface area contributed by atoms with Gasteiger partial charge in [-0.25, -0.2) is 13.1 Å². The summed E-state index contributed by atoms with van der Waals surface area (Å²) in [5.41, 5.74) is 0.565. The Morgan fingerprint density at radius 3 is 2.76 bits per heavy atom. The summed E-state index contributed by atoms with van der Waals surface area (Å²) in [5, 5.41) is 2.86. The third-order valence-electron chi connectivity index (χ3n) is 3.01. The number of hydrogen-bond donors (Lipinski definition) is 2. The average molecular weight is 255 g/mol. The molecular formula is C11H17N3O2S. The third-order valence-corrected chi connectivity index (χ3v) is 4.60. The zero-order chi connectivity index (χ0) is 12.5. The molecule has 0 aliphatic heterocycles. The predicted molar refractivity (Wildman–Crippen MR) is 66.3 cm³/mol. The molecule has 0 aromatic carbocycles.